The lowest BCUT2D eigenvalue weighted by Crippen LogP contribution is -2.08. The lowest BCUT2D eigenvalue weighted by Gasteiger charge is -2.14. The second-order valence-electron chi connectivity index (χ2n) is 6.26. The number of carbonyl (C=O) groups is 1. The fraction of sp³-hybridized carbons (Fsp3) is 0.588. The highest BCUT2D eigenvalue weighted by atomic mass is 16.4. The van der Waals surface area contributed by atoms with Crippen LogP contribution in [0, 0.1) is 5.92 Å². The minimum atomic E-state index is -1.00. The fourth-order valence-corrected chi connectivity index (χ4v) is 3.42. The SMILES string of the molecule is CCc1cc(CC2CCCCCC2)nc2cc(C(=O)O)nn12. The van der Waals surface area contributed by atoms with Crippen molar-refractivity contribution in [3.05, 3.63) is 29.2 Å². The second kappa shape index (κ2) is 6.46. The quantitative estimate of drug-likeness (QED) is 0.878. The molecule has 0 aromatic carbocycles. The second-order valence-corrected chi connectivity index (χ2v) is 6.26. The molecule has 1 fully saturated rings. The zero-order chi connectivity index (χ0) is 15.5. The Morgan fingerprint density at radius 2 is 2.00 bits per heavy atom. The van der Waals surface area contributed by atoms with Crippen molar-refractivity contribution >= 4 is 11.6 Å². The van der Waals surface area contributed by atoms with Gasteiger partial charge < -0.3 is 5.11 Å². The Bertz CT molecular complexity index is 670. The van der Waals surface area contributed by atoms with E-state index in [9.17, 15) is 4.79 Å². The van der Waals surface area contributed by atoms with E-state index in [-0.39, 0.29) is 5.69 Å². The first-order valence-electron chi connectivity index (χ1n) is 8.29. The van der Waals surface area contributed by atoms with E-state index in [1.54, 1.807) is 10.6 Å². The Labute approximate surface area is 130 Å². The van der Waals surface area contributed by atoms with Gasteiger partial charge in [0.05, 0.1) is 0 Å². The van der Waals surface area contributed by atoms with Crippen molar-refractivity contribution in [1.29, 1.82) is 0 Å². The molecule has 5 nitrogen and oxygen atoms in total. The lowest BCUT2D eigenvalue weighted by atomic mass is 9.94. The maximum absolute atomic E-state index is 11.1. The van der Waals surface area contributed by atoms with Crippen molar-refractivity contribution in [3.63, 3.8) is 0 Å². The van der Waals surface area contributed by atoms with E-state index in [4.69, 9.17) is 5.11 Å². The summed E-state index contributed by atoms with van der Waals surface area (Å²) in [6.45, 7) is 2.06. The van der Waals surface area contributed by atoms with Crippen LogP contribution in [-0.2, 0) is 12.8 Å². The summed E-state index contributed by atoms with van der Waals surface area (Å²) in [5.41, 5.74) is 2.82. The highest BCUT2D eigenvalue weighted by molar-refractivity contribution is 5.86. The molecular weight excluding hydrogens is 278 g/mol. The van der Waals surface area contributed by atoms with Gasteiger partial charge in [-0.15, -0.1) is 0 Å². The maximum atomic E-state index is 11.1. The van der Waals surface area contributed by atoms with Crippen molar-refractivity contribution in [1.82, 2.24) is 14.6 Å². The van der Waals surface area contributed by atoms with Crippen molar-refractivity contribution in [2.24, 2.45) is 5.92 Å². The van der Waals surface area contributed by atoms with Gasteiger partial charge in [0, 0.05) is 17.5 Å². The Kier molecular flexibility index (Phi) is 4.41. The molecule has 0 bridgehead atoms. The first-order valence-corrected chi connectivity index (χ1v) is 8.29. The molecular formula is C17H23N3O2. The number of carboxylic acid groups (broad SMARTS) is 1. The maximum Gasteiger partial charge on any atom is 0.356 e. The topological polar surface area (TPSA) is 67.5 Å². The third-order valence-electron chi connectivity index (χ3n) is 4.61. The van der Waals surface area contributed by atoms with Crippen LogP contribution in [0.4, 0.5) is 0 Å². The Hall–Kier alpha value is -1.91. The molecule has 0 aliphatic heterocycles. The van der Waals surface area contributed by atoms with Gasteiger partial charge in [-0.2, -0.15) is 5.10 Å². The van der Waals surface area contributed by atoms with Crippen LogP contribution in [0.2, 0.25) is 0 Å². The molecule has 22 heavy (non-hydrogen) atoms. The van der Waals surface area contributed by atoms with Crippen molar-refractivity contribution in [2.45, 2.75) is 58.3 Å². The summed E-state index contributed by atoms with van der Waals surface area (Å²) in [6.07, 6.45) is 9.74. The largest absolute Gasteiger partial charge is 0.476 e. The number of rotatable bonds is 4. The number of aryl methyl sites for hydroxylation is 1. The number of hydrogen-bond donors (Lipinski definition) is 1. The summed E-state index contributed by atoms with van der Waals surface area (Å²) < 4.78 is 1.67. The van der Waals surface area contributed by atoms with E-state index in [2.05, 4.69) is 23.1 Å². The van der Waals surface area contributed by atoms with Gasteiger partial charge in [-0.1, -0.05) is 45.4 Å². The van der Waals surface area contributed by atoms with Crippen LogP contribution < -0.4 is 0 Å². The number of nitrogens with zero attached hydrogens (tertiary/aromatic N) is 3. The van der Waals surface area contributed by atoms with Gasteiger partial charge in [0.2, 0.25) is 0 Å². The van der Waals surface area contributed by atoms with Crippen LogP contribution >= 0.6 is 0 Å². The first kappa shape index (κ1) is 15.0. The highest BCUT2D eigenvalue weighted by Crippen LogP contribution is 2.26. The Morgan fingerprint density at radius 3 is 2.64 bits per heavy atom. The standard InChI is InChI=1S/C17H23N3O2/c1-2-14-10-13(9-12-7-5-3-4-6-8-12)18-16-11-15(17(21)22)19-20(14)16/h10-12H,2-9H2,1H3,(H,21,22). The molecule has 0 spiro atoms. The smallest absolute Gasteiger partial charge is 0.356 e. The summed E-state index contributed by atoms with van der Waals surface area (Å²) in [7, 11) is 0. The third-order valence-corrected chi connectivity index (χ3v) is 4.61. The minimum Gasteiger partial charge on any atom is -0.476 e. The number of aromatic nitrogens is 3. The summed E-state index contributed by atoms with van der Waals surface area (Å²) in [6, 6.07) is 3.66. The van der Waals surface area contributed by atoms with Gasteiger partial charge in [-0.25, -0.2) is 14.3 Å². The van der Waals surface area contributed by atoms with E-state index in [0.29, 0.717) is 11.6 Å². The summed E-state index contributed by atoms with van der Waals surface area (Å²) >= 11 is 0. The van der Waals surface area contributed by atoms with Crippen molar-refractivity contribution in [2.75, 3.05) is 0 Å². The van der Waals surface area contributed by atoms with Gasteiger partial charge in [-0.3, -0.25) is 0 Å². The molecule has 0 amide bonds. The van der Waals surface area contributed by atoms with Gasteiger partial charge in [0.15, 0.2) is 11.3 Å². The van der Waals surface area contributed by atoms with Crippen LogP contribution in [-0.4, -0.2) is 25.7 Å². The van der Waals surface area contributed by atoms with E-state index >= 15 is 0 Å². The zero-order valence-corrected chi connectivity index (χ0v) is 13.1. The highest BCUT2D eigenvalue weighted by Gasteiger charge is 2.17. The number of hydrogen-bond acceptors (Lipinski definition) is 3. The van der Waals surface area contributed by atoms with Gasteiger partial charge in [0.1, 0.15) is 0 Å². The molecule has 0 radical (unpaired) electrons. The molecule has 2 aromatic heterocycles. The summed E-state index contributed by atoms with van der Waals surface area (Å²) in [5, 5.41) is 13.2. The van der Waals surface area contributed by atoms with Crippen LogP contribution in [0.3, 0.4) is 0 Å². The Morgan fingerprint density at radius 1 is 1.27 bits per heavy atom. The summed E-state index contributed by atoms with van der Waals surface area (Å²) in [4.78, 5) is 15.8. The van der Waals surface area contributed by atoms with Gasteiger partial charge in [0.25, 0.3) is 0 Å². The number of fused-ring (bicyclic) bond motifs is 1. The van der Waals surface area contributed by atoms with Gasteiger partial charge in [-0.05, 0) is 24.8 Å². The first-order chi connectivity index (χ1) is 10.7. The van der Waals surface area contributed by atoms with Crippen LogP contribution in [0.15, 0.2) is 12.1 Å². The van der Waals surface area contributed by atoms with Crippen LogP contribution in [0.1, 0.15) is 67.3 Å². The third kappa shape index (κ3) is 3.13. The average molecular weight is 301 g/mol. The molecule has 2 heterocycles. The van der Waals surface area contributed by atoms with E-state index in [0.717, 1.165) is 24.2 Å². The molecule has 0 unspecified atom stereocenters. The predicted octanol–water partition coefficient (Wildman–Crippen LogP) is 3.50. The molecule has 3 rings (SSSR count). The van der Waals surface area contributed by atoms with Gasteiger partial charge >= 0.3 is 5.97 Å². The monoisotopic (exact) mass is 301 g/mol. The Balaban J connectivity index is 1.90. The molecule has 1 aliphatic carbocycles. The molecule has 1 saturated carbocycles. The van der Waals surface area contributed by atoms with Crippen molar-refractivity contribution < 1.29 is 9.90 Å². The van der Waals surface area contributed by atoms with Crippen LogP contribution in [0.25, 0.3) is 5.65 Å². The normalized spacial score (nSPS) is 16.8. The molecule has 2 aromatic rings. The van der Waals surface area contributed by atoms with Crippen molar-refractivity contribution in [3.8, 4) is 0 Å². The fourth-order valence-electron chi connectivity index (χ4n) is 3.42. The molecule has 0 saturated heterocycles. The number of aromatic carboxylic acids is 1. The molecule has 0 atom stereocenters. The number of carboxylic acids is 1. The molecule has 1 N–H and O–H groups in total. The molecule has 1 aliphatic rings. The molecule has 118 valence electrons. The van der Waals surface area contributed by atoms with E-state index in [1.807, 2.05) is 0 Å². The lowest BCUT2D eigenvalue weighted by molar-refractivity contribution is 0.0690. The molecule has 5 heteroatoms. The van der Waals surface area contributed by atoms with Crippen LogP contribution in [0.5, 0.6) is 0 Å². The zero-order valence-electron chi connectivity index (χ0n) is 13.1. The van der Waals surface area contributed by atoms with E-state index in [1.165, 1.54) is 38.5 Å². The predicted molar refractivity (Wildman–Crippen MR) is 84.2 cm³/mol. The van der Waals surface area contributed by atoms with E-state index < -0.39 is 5.97 Å². The summed E-state index contributed by atoms with van der Waals surface area (Å²) in [5.74, 6) is -0.290. The minimum absolute atomic E-state index is 0.0637. The average Bonchev–Trinajstić information content (AvgIpc) is 2.77.